The van der Waals surface area contributed by atoms with Gasteiger partial charge in [0.15, 0.2) is 0 Å². The van der Waals surface area contributed by atoms with Crippen LogP contribution in [-0.4, -0.2) is 28.0 Å². The molecule has 1 heterocycles. The molecule has 1 atom stereocenters. The number of benzene rings is 3. The number of para-hydroxylation sites is 2. The highest BCUT2D eigenvalue weighted by Crippen LogP contribution is 2.26. The number of pyridine rings is 1. The third-order valence-corrected chi connectivity index (χ3v) is 5.68. The highest BCUT2D eigenvalue weighted by molar-refractivity contribution is 6.16. The number of hydrogen-bond donors (Lipinski definition) is 2. The lowest BCUT2D eigenvalue weighted by Gasteiger charge is -2.20. The summed E-state index contributed by atoms with van der Waals surface area (Å²) in [7, 11) is 0. The van der Waals surface area contributed by atoms with Crippen molar-refractivity contribution >= 4 is 33.7 Å². The van der Waals surface area contributed by atoms with Crippen LogP contribution in [-0.2, 0) is 16.6 Å². The van der Waals surface area contributed by atoms with E-state index in [1.165, 1.54) is 5.56 Å². The first-order chi connectivity index (χ1) is 15.2. The van der Waals surface area contributed by atoms with Gasteiger partial charge in [0.05, 0.1) is 16.6 Å². The lowest BCUT2D eigenvalue weighted by Crippen LogP contribution is -2.42. The lowest BCUT2D eigenvalue weighted by atomic mass is 9.86. The molecule has 0 bridgehead atoms. The van der Waals surface area contributed by atoms with Crippen LogP contribution in [0.1, 0.15) is 42.3 Å². The molecule has 0 aliphatic rings. The number of aromatic nitrogens is 1. The second-order valence-electron chi connectivity index (χ2n) is 9.04. The molecule has 5 heteroatoms. The molecule has 0 saturated carbocycles. The van der Waals surface area contributed by atoms with Gasteiger partial charge in [0.1, 0.15) is 6.04 Å². The van der Waals surface area contributed by atoms with Crippen LogP contribution in [0.15, 0.2) is 72.8 Å². The van der Waals surface area contributed by atoms with Gasteiger partial charge >= 0.3 is 5.97 Å². The zero-order valence-electron chi connectivity index (χ0n) is 18.4. The summed E-state index contributed by atoms with van der Waals surface area (Å²) in [6.45, 7) is 6.39. The zero-order chi connectivity index (χ0) is 22.9. The van der Waals surface area contributed by atoms with Crippen molar-refractivity contribution in [1.82, 2.24) is 10.3 Å². The minimum absolute atomic E-state index is 0.0163. The molecule has 2 N–H and O–H groups in total. The number of carbonyl (C=O) groups is 2. The van der Waals surface area contributed by atoms with Crippen LogP contribution in [0.3, 0.4) is 0 Å². The Hall–Kier alpha value is -3.73. The third-order valence-electron chi connectivity index (χ3n) is 5.68. The van der Waals surface area contributed by atoms with Crippen molar-refractivity contribution in [3.63, 3.8) is 0 Å². The van der Waals surface area contributed by atoms with Gasteiger partial charge in [0, 0.05) is 17.2 Å². The molecule has 0 spiro atoms. The van der Waals surface area contributed by atoms with Gasteiger partial charge in [-0.05, 0) is 28.7 Å². The fraction of sp³-hybridized carbons (Fsp3) is 0.222. The number of amides is 1. The number of hydrogen-bond acceptors (Lipinski definition) is 3. The number of rotatable bonds is 5. The summed E-state index contributed by atoms with van der Waals surface area (Å²) in [5.74, 6) is -1.49. The molecule has 162 valence electrons. The SMILES string of the molecule is CC(C)(C)c1ccc(C[C@H](NC(=O)c2c3ccccc3nc3ccccc23)C(=O)O)cc1. The molecule has 1 aromatic heterocycles. The Kier molecular flexibility index (Phi) is 5.66. The molecule has 0 fully saturated rings. The van der Waals surface area contributed by atoms with E-state index in [0.29, 0.717) is 27.4 Å². The van der Waals surface area contributed by atoms with E-state index in [0.717, 1.165) is 5.56 Å². The number of nitrogens with zero attached hydrogens (tertiary/aromatic N) is 1. The van der Waals surface area contributed by atoms with Crippen LogP contribution in [0, 0.1) is 0 Å². The molecular weight excluding hydrogens is 400 g/mol. The quantitative estimate of drug-likeness (QED) is 0.435. The van der Waals surface area contributed by atoms with Crippen molar-refractivity contribution in [3.8, 4) is 0 Å². The zero-order valence-corrected chi connectivity index (χ0v) is 18.4. The Labute approximate surface area is 187 Å². The van der Waals surface area contributed by atoms with Gasteiger partial charge < -0.3 is 10.4 Å². The second-order valence-corrected chi connectivity index (χ2v) is 9.04. The van der Waals surface area contributed by atoms with E-state index < -0.39 is 17.9 Å². The molecule has 4 rings (SSSR count). The van der Waals surface area contributed by atoms with Crippen molar-refractivity contribution in [2.24, 2.45) is 0 Å². The summed E-state index contributed by atoms with van der Waals surface area (Å²) in [6.07, 6.45) is 0.201. The molecule has 0 aliphatic heterocycles. The molecule has 0 aliphatic carbocycles. The van der Waals surface area contributed by atoms with Crippen LogP contribution < -0.4 is 5.32 Å². The number of carboxylic acid groups (broad SMARTS) is 1. The first-order valence-electron chi connectivity index (χ1n) is 10.6. The largest absolute Gasteiger partial charge is 0.480 e. The highest BCUT2D eigenvalue weighted by Gasteiger charge is 2.24. The van der Waals surface area contributed by atoms with Gasteiger partial charge in [-0.2, -0.15) is 0 Å². The van der Waals surface area contributed by atoms with E-state index in [1.807, 2.05) is 72.8 Å². The summed E-state index contributed by atoms with van der Waals surface area (Å²) < 4.78 is 0. The maximum absolute atomic E-state index is 13.4. The van der Waals surface area contributed by atoms with Crippen molar-refractivity contribution < 1.29 is 14.7 Å². The monoisotopic (exact) mass is 426 g/mol. The second kappa shape index (κ2) is 8.42. The first kappa shape index (κ1) is 21.5. The van der Waals surface area contributed by atoms with Crippen molar-refractivity contribution in [2.45, 2.75) is 38.6 Å². The Bertz CT molecular complexity index is 1250. The molecular formula is C27H26N2O3. The van der Waals surface area contributed by atoms with E-state index in [2.05, 4.69) is 31.1 Å². The molecule has 0 saturated heterocycles. The van der Waals surface area contributed by atoms with E-state index in [9.17, 15) is 14.7 Å². The van der Waals surface area contributed by atoms with Crippen molar-refractivity contribution in [1.29, 1.82) is 0 Å². The predicted octanol–water partition coefficient (Wildman–Crippen LogP) is 5.11. The molecule has 0 radical (unpaired) electrons. The highest BCUT2D eigenvalue weighted by atomic mass is 16.4. The van der Waals surface area contributed by atoms with E-state index >= 15 is 0 Å². The lowest BCUT2D eigenvalue weighted by molar-refractivity contribution is -0.139. The standard InChI is InChI=1S/C27H26N2O3/c1-27(2,3)18-14-12-17(13-15-18)16-23(26(31)32)29-25(30)24-19-8-4-6-10-21(19)28-22-11-7-5-9-20(22)24/h4-15,23H,16H2,1-3H3,(H,29,30)(H,31,32)/t23-/m0/s1. The van der Waals surface area contributed by atoms with Gasteiger partial charge in [0.2, 0.25) is 0 Å². The normalized spacial score (nSPS) is 12.6. The van der Waals surface area contributed by atoms with Gasteiger partial charge in [0.25, 0.3) is 5.91 Å². The maximum Gasteiger partial charge on any atom is 0.326 e. The Balaban J connectivity index is 1.66. The number of carboxylic acids is 1. The van der Waals surface area contributed by atoms with E-state index in [4.69, 9.17) is 0 Å². The number of fused-ring (bicyclic) bond motifs is 2. The van der Waals surface area contributed by atoms with Crippen molar-refractivity contribution in [2.75, 3.05) is 0 Å². The van der Waals surface area contributed by atoms with Crippen LogP contribution in [0.2, 0.25) is 0 Å². The summed E-state index contributed by atoms with van der Waals surface area (Å²) in [4.78, 5) is 30.0. The topological polar surface area (TPSA) is 79.3 Å². The summed E-state index contributed by atoms with van der Waals surface area (Å²) in [5.41, 5.74) is 3.88. The molecule has 1 amide bonds. The number of aliphatic carboxylic acids is 1. The fourth-order valence-corrected chi connectivity index (χ4v) is 3.89. The first-order valence-corrected chi connectivity index (χ1v) is 10.6. The Morgan fingerprint density at radius 2 is 1.41 bits per heavy atom. The summed E-state index contributed by atoms with van der Waals surface area (Å²) in [6, 6.07) is 21.7. The van der Waals surface area contributed by atoms with Gasteiger partial charge in [-0.1, -0.05) is 81.4 Å². The fourth-order valence-electron chi connectivity index (χ4n) is 3.89. The third kappa shape index (κ3) is 4.33. The predicted molar refractivity (Wildman–Crippen MR) is 127 cm³/mol. The van der Waals surface area contributed by atoms with Crippen LogP contribution in [0.4, 0.5) is 0 Å². The number of nitrogens with one attached hydrogen (secondary N) is 1. The van der Waals surface area contributed by atoms with Crippen LogP contribution in [0.25, 0.3) is 21.8 Å². The average molecular weight is 427 g/mol. The van der Waals surface area contributed by atoms with Gasteiger partial charge in [-0.3, -0.25) is 4.79 Å². The van der Waals surface area contributed by atoms with Crippen LogP contribution in [0.5, 0.6) is 0 Å². The van der Waals surface area contributed by atoms with Gasteiger partial charge in [-0.15, -0.1) is 0 Å². The average Bonchev–Trinajstić information content (AvgIpc) is 2.76. The van der Waals surface area contributed by atoms with Gasteiger partial charge in [-0.25, -0.2) is 9.78 Å². The molecule has 3 aromatic carbocycles. The summed E-state index contributed by atoms with van der Waals surface area (Å²) >= 11 is 0. The van der Waals surface area contributed by atoms with E-state index in [-0.39, 0.29) is 11.8 Å². The minimum Gasteiger partial charge on any atom is -0.480 e. The molecule has 4 aromatic rings. The van der Waals surface area contributed by atoms with Crippen molar-refractivity contribution in [3.05, 3.63) is 89.5 Å². The van der Waals surface area contributed by atoms with E-state index in [1.54, 1.807) is 0 Å². The smallest absolute Gasteiger partial charge is 0.326 e. The minimum atomic E-state index is -1.07. The summed E-state index contributed by atoms with van der Waals surface area (Å²) in [5, 5.41) is 14.0. The van der Waals surface area contributed by atoms with Crippen LogP contribution >= 0.6 is 0 Å². The Morgan fingerprint density at radius 3 is 1.91 bits per heavy atom. The Morgan fingerprint density at radius 1 is 0.875 bits per heavy atom. The molecule has 32 heavy (non-hydrogen) atoms. The maximum atomic E-state index is 13.4. The number of carbonyl (C=O) groups excluding carboxylic acids is 1. The molecule has 5 nitrogen and oxygen atoms in total. The molecule has 0 unspecified atom stereocenters.